The molecule has 3 heteroatoms. The van der Waals surface area contributed by atoms with Crippen molar-refractivity contribution in [1.29, 1.82) is 0 Å². The van der Waals surface area contributed by atoms with Gasteiger partial charge < -0.3 is 0 Å². The highest BCUT2D eigenvalue weighted by Gasteiger charge is 2.41. The van der Waals surface area contributed by atoms with Crippen molar-refractivity contribution in [2.24, 2.45) is 0 Å². The Kier molecular flexibility index (Phi) is 9.36. The Bertz CT molecular complexity index is 829. The van der Waals surface area contributed by atoms with Crippen LogP contribution in [0, 0.1) is 34.0 Å². The predicted octanol–water partition coefficient (Wildman–Crippen LogP) is 7.52. The molecule has 0 fully saturated rings. The minimum atomic E-state index is -2.16. The van der Waals surface area contributed by atoms with Crippen LogP contribution in [0.5, 0.6) is 0 Å². The summed E-state index contributed by atoms with van der Waals surface area (Å²) in [5.41, 5.74) is 18.1. The zero-order valence-electron chi connectivity index (χ0n) is 19.0. The third-order valence-corrected chi connectivity index (χ3v) is 16.2. The number of halogens is 1. The largest absolute Gasteiger partial charge is 0.221 e. The highest BCUT2D eigenvalue weighted by atomic mass is 79.9. The Balaban J connectivity index is 3.68. The second kappa shape index (κ2) is 10.6. The highest BCUT2D eigenvalue weighted by molar-refractivity contribution is 9.10. The Hall–Kier alpha value is -1.19. The summed E-state index contributed by atoms with van der Waals surface area (Å²) in [6.07, 6.45) is 0. The quantitative estimate of drug-likeness (QED) is 0.315. The summed E-state index contributed by atoms with van der Waals surface area (Å²) in [7, 11) is -4.20. The van der Waals surface area contributed by atoms with Crippen LogP contribution in [0.4, 0.5) is 0 Å². The van der Waals surface area contributed by atoms with Crippen LogP contribution in [0.15, 0.2) is 28.7 Å². The van der Waals surface area contributed by atoms with E-state index in [1.807, 2.05) is 19.1 Å². The van der Waals surface area contributed by atoms with Crippen LogP contribution in [0.3, 0.4) is 0 Å². The summed E-state index contributed by atoms with van der Waals surface area (Å²) < 4.78 is 1.05. The van der Waals surface area contributed by atoms with E-state index in [0.717, 1.165) is 10.0 Å². The molecule has 0 saturated carbocycles. The van der Waals surface area contributed by atoms with E-state index in [1.165, 1.54) is 0 Å². The van der Waals surface area contributed by atoms with Gasteiger partial charge in [-0.2, -0.15) is 0 Å². The summed E-state index contributed by atoms with van der Waals surface area (Å²) in [5, 5.41) is 0. The lowest BCUT2D eigenvalue weighted by Crippen LogP contribution is -2.43. The first kappa shape index (κ1) is 24.9. The van der Waals surface area contributed by atoms with Gasteiger partial charge in [0.2, 0.25) is 16.1 Å². The van der Waals surface area contributed by atoms with Crippen LogP contribution < -0.4 is 0 Å². The van der Waals surface area contributed by atoms with Crippen molar-refractivity contribution < 1.29 is 0 Å². The molecule has 0 N–H and O–H groups in total. The molecule has 0 spiro atoms. The van der Waals surface area contributed by atoms with E-state index in [-0.39, 0.29) is 0 Å². The first-order valence-electron chi connectivity index (χ1n) is 10.3. The van der Waals surface area contributed by atoms with E-state index in [2.05, 4.69) is 117 Å². The maximum absolute atomic E-state index is 3.87. The van der Waals surface area contributed by atoms with Gasteiger partial charge in [0, 0.05) is 10.0 Å². The van der Waals surface area contributed by atoms with Crippen molar-refractivity contribution >= 4 is 32.1 Å². The summed E-state index contributed by atoms with van der Waals surface area (Å²) in [4.78, 5) is 0. The molecule has 0 aliphatic carbocycles. The smallest absolute Gasteiger partial charge is 0.121 e. The first-order valence-corrected chi connectivity index (χ1v) is 15.4. The monoisotopic (exact) mass is 470 g/mol. The second-order valence-corrected chi connectivity index (χ2v) is 18.7. The van der Waals surface area contributed by atoms with Gasteiger partial charge in [0.05, 0.1) is 0 Å². The molecule has 0 aliphatic heterocycles. The van der Waals surface area contributed by atoms with E-state index in [4.69, 9.17) is 0 Å². The second-order valence-electron chi connectivity index (χ2n) is 8.71. The van der Waals surface area contributed by atoms with Crippen molar-refractivity contribution in [2.75, 3.05) is 0 Å². The Morgan fingerprint density at radius 2 is 1.11 bits per heavy atom. The highest BCUT2D eigenvalue weighted by Crippen LogP contribution is 2.34. The minimum Gasteiger partial charge on any atom is -0.121 e. The van der Waals surface area contributed by atoms with E-state index in [1.54, 1.807) is 0 Å². The van der Waals surface area contributed by atoms with E-state index >= 15 is 0 Å². The van der Waals surface area contributed by atoms with Crippen LogP contribution in [0.25, 0.3) is 0 Å². The fourth-order valence-electron chi connectivity index (χ4n) is 3.70. The molecule has 0 aliphatic rings. The maximum atomic E-state index is 3.87. The average Bonchev–Trinajstić information content (AvgIpc) is 2.61. The molecule has 150 valence electrons. The van der Waals surface area contributed by atoms with Crippen molar-refractivity contribution in [3.63, 3.8) is 0 Å². The fraction of sp³-hybridized carbons (Fsp3) is 0.520. The molecule has 0 unspecified atom stereocenters. The van der Waals surface area contributed by atoms with E-state index in [9.17, 15) is 0 Å². The van der Waals surface area contributed by atoms with Crippen LogP contribution >= 0.6 is 15.9 Å². The molecule has 0 bridgehead atoms. The van der Waals surface area contributed by atoms with E-state index < -0.39 is 16.1 Å². The van der Waals surface area contributed by atoms with Gasteiger partial charge in [-0.05, 0) is 57.2 Å². The molecule has 1 rings (SSSR count). The summed E-state index contributed by atoms with van der Waals surface area (Å²) in [6.45, 7) is 20.3. The maximum Gasteiger partial charge on any atom is 0.221 e. The molecule has 28 heavy (non-hydrogen) atoms. The molecule has 0 amide bonds. The van der Waals surface area contributed by atoms with Gasteiger partial charge >= 0.3 is 0 Å². The van der Waals surface area contributed by atoms with Gasteiger partial charge in [-0.25, -0.2) is 0 Å². The molecule has 0 aromatic heterocycles. The van der Waals surface area contributed by atoms with Crippen molar-refractivity contribution in [3.8, 4) is 34.0 Å². The zero-order valence-corrected chi connectivity index (χ0v) is 22.6. The number of benzene rings is 1. The van der Waals surface area contributed by atoms with Crippen LogP contribution in [-0.4, -0.2) is 16.1 Å². The van der Waals surface area contributed by atoms with Gasteiger partial charge in [-0.1, -0.05) is 73.4 Å². The molecule has 1 aromatic rings. The molecule has 0 saturated heterocycles. The average molecular weight is 472 g/mol. The third-order valence-electron chi connectivity index (χ3n) is 5.73. The van der Waals surface area contributed by atoms with Gasteiger partial charge in [-0.15, -0.1) is 28.1 Å². The minimum absolute atomic E-state index is 0.468. The Morgan fingerprint density at radius 3 is 1.50 bits per heavy atom. The summed E-state index contributed by atoms with van der Waals surface area (Å²) >= 11 is 3.63. The van der Waals surface area contributed by atoms with Crippen molar-refractivity contribution in [3.05, 3.63) is 34.3 Å². The predicted molar refractivity (Wildman–Crippen MR) is 134 cm³/mol. The molecule has 1 aromatic carbocycles. The molecule has 0 atom stereocenters. The summed E-state index contributed by atoms with van der Waals surface area (Å²) in [6, 6.07) is 8.20. The lowest BCUT2D eigenvalue weighted by atomic mass is 10.2. The standard InChI is InChI=1S/C25H35BrSi2/c1-10-16-27(20(2)3,21(4)5)18-19-28(22(6)7,23(8)9)17-15-24-13-11-12-14-25(24)26/h11-14,20-23H,1-9H3. The topological polar surface area (TPSA) is 0 Å². The normalized spacial score (nSPS) is 11.6. The van der Waals surface area contributed by atoms with Gasteiger partial charge in [0.15, 0.2) is 0 Å². The zero-order chi connectivity index (χ0) is 21.5. The number of hydrogen-bond donors (Lipinski definition) is 0. The van der Waals surface area contributed by atoms with Gasteiger partial charge in [0.25, 0.3) is 0 Å². The Labute approximate surface area is 184 Å². The number of rotatable bonds is 4. The third kappa shape index (κ3) is 5.45. The lowest BCUT2D eigenvalue weighted by Gasteiger charge is -2.32. The Morgan fingerprint density at radius 1 is 0.679 bits per heavy atom. The number of hydrogen-bond acceptors (Lipinski definition) is 0. The molecule has 0 radical (unpaired) electrons. The first-order chi connectivity index (χ1) is 13.0. The van der Waals surface area contributed by atoms with Crippen LogP contribution in [0.1, 0.15) is 67.9 Å². The molecular weight excluding hydrogens is 436 g/mol. The van der Waals surface area contributed by atoms with Crippen molar-refractivity contribution in [2.45, 2.75) is 84.5 Å². The van der Waals surface area contributed by atoms with Crippen LogP contribution in [0.2, 0.25) is 22.2 Å². The lowest BCUT2D eigenvalue weighted by molar-refractivity contribution is 0.930. The van der Waals surface area contributed by atoms with Gasteiger partial charge in [0.1, 0.15) is 0 Å². The fourth-order valence-corrected chi connectivity index (χ4v) is 11.6. The van der Waals surface area contributed by atoms with Crippen molar-refractivity contribution in [1.82, 2.24) is 0 Å². The molecule has 0 heterocycles. The molecule has 0 nitrogen and oxygen atoms in total. The summed E-state index contributed by atoms with van der Waals surface area (Å²) in [5.74, 6) is 6.70. The van der Waals surface area contributed by atoms with E-state index in [0.29, 0.717) is 22.2 Å². The SMILES string of the molecule is CC#C[Si](C#C[Si](C#Cc1ccccc1Br)(C(C)C)C(C)C)(C(C)C)C(C)C. The van der Waals surface area contributed by atoms with Crippen LogP contribution in [-0.2, 0) is 0 Å². The van der Waals surface area contributed by atoms with Gasteiger partial charge in [-0.3, -0.25) is 0 Å². The molecular formula is C25H35BrSi2.